The van der Waals surface area contributed by atoms with Gasteiger partial charge in [0.05, 0.1) is 5.56 Å². The van der Waals surface area contributed by atoms with Crippen molar-refractivity contribution in [3.8, 4) is 11.5 Å². The molecule has 3 rings (SSSR count). The predicted octanol–water partition coefficient (Wildman–Crippen LogP) is 5.00. The molecule has 0 aliphatic carbocycles. The smallest absolute Gasteiger partial charge is 0.416 e. The van der Waals surface area contributed by atoms with Crippen molar-refractivity contribution in [3.63, 3.8) is 0 Å². The second-order valence-corrected chi connectivity index (χ2v) is 7.39. The molecule has 0 bridgehead atoms. The van der Waals surface area contributed by atoms with Crippen molar-refractivity contribution < 1.29 is 22.6 Å². The SMILES string of the molecule is CNCCOc1ccc2c(c1)OC(C)(C)CC2c1cccc(C(F)(F)F)c1. The van der Waals surface area contributed by atoms with E-state index in [-0.39, 0.29) is 5.92 Å². The Morgan fingerprint density at radius 3 is 2.67 bits per heavy atom. The van der Waals surface area contributed by atoms with Gasteiger partial charge in [-0.15, -0.1) is 0 Å². The number of benzene rings is 2. The van der Waals surface area contributed by atoms with Crippen molar-refractivity contribution in [1.82, 2.24) is 5.32 Å². The summed E-state index contributed by atoms with van der Waals surface area (Å²) in [6, 6.07) is 11.1. The fourth-order valence-corrected chi connectivity index (χ4v) is 3.42. The van der Waals surface area contributed by atoms with Gasteiger partial charge in [0.25, 0.3) is 0 Å². The lowest BCUT2D eigenvalue weighted by atomic mass is 9.79. The molecule has 2 aromatic rings. The van der Waals surface area contributed by atoms with Gasteiger partial charge in [-0.25, -0.2) is 0 Å². The fourth-order valence-electron chi connectivity index (χ4n) is 3.42. The van der Waals surface area contributed by atoms with E-state index in [4.69, 9.17) is 9.47 Å². The molecule has 0 spiro atoms. The summed E-state index contributed by atoms with van der Waals surface area (Å²) in [6.07, 6.45) is -3.76. The lowest BCUT2D eigenvalue weighted by molar-refractivity contribution is -0.137. The van der Waals surface area contributed by atoms with Gasteiger partial charge >= 0.3 is 6.18 Å². The zero-order chi connectivity index (χ0) is 19.7. The first-order chi connectivity index (χ1) is 12.7. The van der Waals surface area contributed by atoms with Crippen molar-refractivity contribution in [1.29, 1.82) is 0 Å². The summed E-state index contributed by atoms with van der Waals surface area (Å²) < 4.78 is 51.2. The number of fused-ring (bicyclic) bond motifs is 1. The highest BCUT2D eigenvalue weighted by atomic mass is 19.4. The van der Waals surface area contributed by atoms with Crippen LogP contribution >= 0.6 is 0 Å². The Morgan fingerprint density at radius 1 is 1.19 bits per heavy atom. The maximum atomic E-state index is 13.1. The van der Waals surface area contributed by atoms with Crippen LogP contribution in [0.15, 0.2) is 42.5 Å². The Morgan fingerprint density at radius 2 is 1.96 bits per heavy atom. The van der Waals surface area contributed by atoms with Crippen LogP contribution < -0.4 is 14.8 Å². The van der Waals surface area contributed by atoms with E-state index in [1.165, 1.54) is 12.1 Å². The van der Waals surface area contributed by atoms with Crippen LogP contribution in [0, 0.1) is 0 Å². The Hall–Kier alpha value is -2.21. The Balaban J connectivity index is 1.96. The number of halogens is 3. The monoisotopic (exact) mass is 379 g/mol. The van der Waals surface area contributed by atoms with Gasteiger partial charge in [-0.2, -0.15) is 13.2 Å². The molecule has 0 amide bonds. The van der Waals surface area contributed by atoms with Crippen molar-refractivity contribution in [3.05, 3.63) is 59.2 Å². The van der Waals surface area contributed by atoms with E-state index in [9.17, 15) is 13.2 Å². The van der Waals surface area contributed by atoms with Crippen LogP contribution in [0.2, 0.25) is 0 Å². The molecule has 0 saturated heterocycles. The molecule has 0 aromatic heterocycles. The molecule has 1 unspecified atom stereocenters. The van der Waals surface area contributed by atoms with Crippen LogP contribution in [0.3, 0.4) is 0 Å². The summed E-state index contributed by atoms with van der Waals surface area (Å²) in [7, 11) is 1.85. The zero-order valence-corrected chi connectivity index (χ0v) is 15.7. The maximum Gasteiger partial charge on any atom is 0.416 e. The van der Waals surface area contributed by atoms with Gasteiger partial charge < -0.3 is 14.8 Å². The first-order valence-electron chi connectivity index (χ1n) is 8.97. The van der Waals surface area contributed by atoms with Crippen LogP contribution in [0.5, 0.6) is 11.5 Å². The van der Waals surface area contributed by atoms with E-state index < -0.39 is 17.3 Å². The van der Waals surface area contributed by atoms with Gasteiger partial charge in [-0.3, -0.25) is 0 Å². The number of ether oxygens (including phenoxy) is 2. The zero-order valence-electron chi connectivity index (χ0n) is 15.7. The van der Waals surface area contributed by atoms with Crippen LogP contribution in [0.1, 0.15) is 42.9 Å². The predicted molar refractivity (Wildman–Crippen MR) is 98.5 cm³/mol. The Bertz CT molecular complexity index is 802. The van der Waals surface area contributed by atoms with E-state index in [1.807, 2.05) is 39.1 Å². The van der Waals surface area contributed by atoms with E-state index in [0.29, 0.717) is 30.1 Å². The number of hydrogen-bond acceptors (Lipinski definition) is 3. The molecule has 1 aliphatic heterocycles. The molecule has 3 nitrogen and oxygen atoms in total. The van der Waals surface area contributed by atoms with E-state index in [2.05, 4.69) is 5.32 Å². The Labute approximate surface area is 157 Å². The van der Waals surface area contributed by atoms with Crippen molar-refractivity contribution in [2.45, 2.75) is 38.0 Å². The quantitative estimate of drug-likeness (QED) is 0.742. The number of alkyl halides is 3. The summed E-state index contributed by atoms with van der Waals surface area (Å²) >= 11 is 0. The van der Waals surface area contributed by atoms with Crippen LogP contribution in [-0.4, -0.2) is 25.8 Å². The highest BCUT2D eigenvalue weighted by molar-refractivity contribution is 5.49. The molecule has 1 aliphatic rings. The van der Waals surface area contributed by atoms with Gasteiger partial charge in [0.1, 0.15) is 23.7 Å². The van der Waals surface area contributed by atoms with Crippen molar-refractivity contribution in [2.75, 3.05) is 20.2 Å². The lowest BCUT2D eigenvalue weighted by Gasteiger charge is -2.38. The number of hydrogen-bond donors (Lipinski definition) is 1. The number of nitrogens with one attached hydrogen (secondary N) is 1. The van der Waals surface area contributed by atoms with Gasteiger partial charge in [-0.05, 0) is 45.0 Å². The summed E-state index contributed by atoms with van der Waals surface area (Å²) in [4.78, 5) is 0. The van der Waals surface area contributed by atoms with Crippen molar-refractivity contribution in [2.24, 2.45) is 0 Å². The highest BCUT2D eigenvalue weighted by Crippen LogP contribution is 2.46. The largest absolute Gasteiger partial charge is 0.492 e. The number of rotatable bonds is 5. The topological polar surface area (TPSA) is 30.5 Å². The highest BCUT2D eigenvalue weighted by Gasteiger charge is 2.36. The minimum absolute atomic E-state index is 0.169. The maximum absolute atomic E-state index is 13.1. The average Bonchev–Trinajstić information content (AvgIpc) is 2.59. The standard InChI is InChI=1S/C21H24F3NO2/c1-20(2)13-18(14-5-4-6-15(11-14)21(22,23)24)17-8-7-16(12-19(17)27-20)26-10-9-25-3/h4-8,11-12,18,25H,9-10,13H2,1-3H3. The van der Waals surface area contributed by atoms with Crippen LogP contribution in [0.25, 0.3) is 0 Å². The molecule has 1 heterocycles. The van der Waals surface area contributed by atoms with E-state index >= 15 is 0 Å². The summed E-state index contributed by atoms with van der Waals surface area (Å²) in [6.45, 7) is 5.14. The molecule has 1 atom stereocenters. The molecule has 0 saturated carbocycles. The average molecular weight is 379 g/mol. The molecule has 0 fully saturated rings. The molecule has 2 aromatic carbocycles. The third-order valence-electron chi connectivity index (χ3n) is 4.68. The van der Waals surface area contributed by atoms with Crippen LogP contribution in [0.4, 0.5) is 13.2 Å². The summed E-state index contributed by atoms with van der Waals surface area (Å²) in [5.41, 5.74) is 0.411. The lowest BCUT2D eigenvalue weighted by Crippen LogP contribution is -2.35. The van der Waals surface area contributed by atoms with Gasteiger partial charge in [0, 0.05) is 24.1 Å². The van der Waals surface area contributed by atoms with E-state index in [1.54, 1.807) is 6.07 Å². The van der Waals surface area contributed by atoms with Gasteiger partial charge in [0.15, 0.2) is 0 Å². The summed E-state index contributed by atoms with van der Waals surface area (Å²) in [5, 5.41) is 3.01. The molecular weight excluding hydrogens is 355 g/mol. The Kier molecular flexibility index (Phi) is 5.38. The van der Waals surface area contributed by atoms with Gasteiger partial charge in [0.2, 0.25) is 0 Å². The normalized spacial score (nSPS) is 18.5. The fraction of sp³-hybridized carbons (Fsp3) is 0.429. The second kappa shape index (κ2) is 7.43. The van der Waals surface area contributed by atoms with Gasteiger partial charge in [-0.1, -0.05) is 24.3 Å². The second-order valence-electron chi connectivity index (χ2n) is 7.39. The third-order valence-corrected chi connectivity index (χ3v) is 4.68. The summed E-state index contributed by atoms with van der Waals surface area (Å²) in [5.74, 6) is 1.18. The van der Waals surface area contributed by atoms with E-state index in [0.717, 1.165) is 18.2 Å². The molecule has 6 heteroatoms. The third kappa shape index (κ3) is 4.56. The van der Waals surface area contributed by atoms with Crippen LogP contribution in [-0.2, 0) is 6.18 Å². The minimum Gasteiger partial charge on any atom is -0.492 e. The first-order valence-corrected chi connectivity index (χ1v) is 8.97. The first kappa shape index (κ1) is 19.5. The van der Waals surface area contributed by atoms with Crippen molar-refractivity contribution >= 4 is 0 Å². The molecular formula is C21H24F3NO2. The molecule has 0 radical (unpaired) electrons. The number of likely N-dealkylation sites (N-methyl/N-ethyl adjacent to an activating group) is 1. The molecule has 1 N–H and O–H groups in total. The molecule has 146 valence electrons. The molecule has 27 heavy (non-hydrogen) atoms. The minimum atomic E-state index is -4.36.